The Hall–Kier alpha value is -4.02. The zero-order chi connectivity index (χ0) is 26.6. The first kappa shape index (κ1) is 24.7. The van der Waals surface area contributed by atoms with Gasteiger partial charge >= 0.3 is 11.9 Å². The molecule has 11 heteroatoms. The van der Waals surface area contributed by atoms with E-state index in [2.05, 4.69) is 10.1 Å². The second-order valence-corrected chi connectivity index (χ2v) is 9.49. The van der Waals surface area contributed by atoms with Crippen molar-refractivity contribution in [3.05, 3.63) is 80.2 Å². The Labute approximate surface area is 214 Å². The van der Waals surface area contributed by atoms with Crippen molar-refractivity contribution >= 4 is 46.3 Å². The van der Waals surface area contributed by atoms with Crippen LogP contribution in [0.3, 0.4) is 0 Å². The summed E-state index contributed by atoms with van der Waals surface area (Å²) >= 11 is 6.19. The summed E-state index contributed by atoms with van der Waals surface area (Å²) in [5, 5.41) is 13.2. The number of likely N-dealkylation sites (tertiary alicyclic amines) is 1. The number of carbonyl (C=O) groups is 4. The fourth-order valence-corrected chi connectivity index (χ4v) is 5.23. The summed E-state index contributed by atoms with van der Waals surface area (Å²) in [6, 6.07) is 6.81. The van der Waals surface area contributed by atoms with E-state index in [4.69, 9.17) is 16.0 Å². The van der Waals surface area contributed by atoms with Gasteiger partial charge in [-0.2, -0.15) is 0 Å². The molecule has 2 aliphatic heterocycles. The van der Waals surface area contributed by atoms with E-state index in [1.165, 1.54) is 31.6 Å². The Morgan fingerprint density at radius 1 is 1.11 bits per heavy atom. The van der Waals surface area contributed by atoms with Crippen molar-refractivity contribution in [2.45, 2.75) is 25.6 Å². The molecule has 10 nitrogen and oxygen atoms in total. The first-order valence-electron chi connectivity index (χ1n) is 11.3. The van der Waals surface area contributed by atoms with Gasteiger partial charge in [0.25, 0.3) is 0 Å². The number of benzene rings is 2. The zero-order valence-electron chi connectivity index (χ0n) is 19.7. The topological polar surface area (TPSA) is 143 Å². The number of imide groups is 1. The van der Waals surface area contributed by atoms with Crippen LogP contribution in [-0.2, 0) is 25.7 Å². The van der Waals surface area contributed by atoms with Crippen LogP contribution in [0.15, 0.2) is 51.9 Å². The number of rotatable bonds is 5. The Bertz CT molecular complexity index is 1530. The molecule has 2 fully saturated rings. The van der Waals surface area contributed by atoms with Crippen molar-refractivity contribution in [1.82, 2.24) is 10.2 Å². The Morgan fingerprint density at radius 2 is 1.78 bits per heavy atom. The van der Waals surface area contributed by atoms with Crippen LogP contribution in [0.1, 0.15) is 33.1 Å². The molecule has 190 valence electrons. The van der Waals surface area contributed by atoms with E-state index >= 15 is 0 Å². The predicted octanol–water partition coefficient (Wildman–Crippen LogP) is 2.44. The molecule has 5 rings (SSSR count). The fraction of sp³-hybridized carbons (Fsp3) is 0.269. The minimum Gasteiger partial charge on any atom is -0.480 e. The molecule has 2 amide bonds. The average Bonchev–Trinajstić information content (AvgIpc) is 3.38. The molecule has 0 bridgehead atoms. The summed E-state index contributed by atoms with van der Waals surface area (Å²) in [4.78, 5) is 64.9. The van der Waals surface area contributed by atoms with Gasteiger partial charge in [-0.05, 0) is 42.3 Å². The monoisotopic (exact) mass is 524 g/mol. The summed E-state index contributed by atoms with van der Waals surface area (Å²) in [5.74, 6) is -5.43. The highest BCUT2D eigenvalue weighted by Crippen LogP contribution is 2.44. The number of amides is 2. The Balaban J connectivity index is 1.51. The number of hydrogen-bond acceptors (Lipinski definition) is 8. The number of esters is 1. The van der Waals surface area contributed by atoms with E-state index in [1.54, 1.807) is 25.1 Å². The van der Waals surface area contributed by atoms with Crippen LogP contribution in [0.4, 0.5) is 0 Å². The fourth-order valence-electron chi connectivity index (χ4n) is 5.07. The van der Waals surface area contributed by atoms with Crippen LogP contribution < -0.4 is 10.7 Å². The molecule has 0 saturated carbocycles. The summed E-state index contributed by atoms with van der Waals surface area (Å²) in [5.41, 5.74) is 1.43. The number of hydrogen-bond donors (Lipinski definition) is 2. The number of aryl methyl sites for hydroxylation is 1. The van der Waals surface area contributed by atoms with Gasteiger partial charge in [-0.1, -0.05) is 23.7 Å². The summed E-state index contributed by atoms with van der Waals surface area (Å²) in [6.45, 7) is 1.64. The van der Waals surface area contributed by atoms with Crippen molar-refractivity contribution < 1.29 is 33.4 Å². The normalized spacial score (nSPS) is 22.9. The SMILES string of the molecule is COC(=O)c1ccc(CN2C(=O)C3C(C(=O)O)NC(c4coc5cc(C)c(Cl)cc5c4=O)C3C2=O)cc1. The number of ether oxygens (including phenoxy) is 1. The number of aliphatic carboxylic acids is 1. The van der Waals surface area contributed by atoms with Gasteiger partial charge in [0.1, 0.15) is 11.6 Å². The van der Waals surface area contributed by atoms with E-state index in [0.29, 0.717) is 27.3 Å². The molecule has 2 aromatic carbocycles. The van der Waals surface area contributed by atoms with Gasteiger partial charge in [-0.15, -0.1) is 0 Å². The van der Waals surface area contributed by atoms with Crippen LogP contribution in [0, 0.1) is 18.8 Å². The molecule has 37 heavy (non-hydrogen) atoms. The third-order valence-electron chi connectivity index (χ3n) is 6.96. The van der Waals surface area contributed by atoms with Gasteiger partial charge in [-0.25, -0.2) is 4.79 Å². The predicted molar refractivity (Wildman–Crippen MR) is 130 cm³/mol. The van der Waals surface area contributed by atoms with Crippen LogP contribution >= 0.6 is 11.6 Å². The van der Waals surface area contributed by atoms with Crippen molar-refractivity contribution in [1.29, 1.82) is 0 Å². The second-order valence-electron chi connectivity index (χ2n) is 9.08. The molecular weight excluding hydrogens is 504 g/mol. The number of nitrogens with one attached hydrogen (secondary N) is 1. The van der Waals surface area contributed by atoms with E-state index in [0.717, 1.165) is 4.90 Å². The lowest BCUT2D eigenvalue weighted by Gasteiger charge is -2.21. The Morgan fingerprint density at radius 3 is 2.43 bits per heavy atom. The first-order chi connectivity index (χ1) is 17.6. The molecule has 0 aliphatic carbocycles. The van der Waals surface area contributed by atoms with E-state index in [9.17, 15) is 29.1 Å². The minimum atomic E-state index is -1.38. The summed E-state index contributed by atoms with van der Waals surface area (Å²) in [7, 11) is 1.26. The quantitative estimate of drug-likeness (QED) is 0.380. The summed E-state index contributed by atoms with van der Waals surface area (Å²) < 4.78 is 10.3. The first-order valence-corrected chi connectivity index (χ1v) is 11.7. The lowest BCUT2D eigenvalue weighted by Crippen LogP contribution is -2.43. The maximum absolute atomic E-state index is 13.5. The lowest BCUT2D eigenvalue weighted by molar-refractivity contribution is -0.146. The molecule has 3 heterocycles. The molecule has 2 aliphatic rings. The highest BCUT2D eigenvalue weighted by Gasteiger charge is 2.61. The van der Waals surface area contributed by atoms with E-state index in [1.807, 2.05) is 0 Å². The molecule has 4 atom stereocenters. The number of nitrogens with zero attached hydrogens (tertiary/aromatic N) is 1. The van der Waals surface area contributed by atoms with Gasteiger partial charge in [0.2, 0.25) is 11.8 Å². The number of methoxy groups -OCH3 is 1. The second kappa shape index (κ2) is 9.13. The maximum Gasteiger partial charge on any atom is 0.337 e. The largest absolute Gasteiger partial charge is 0.480 e. The zero-order valence-corrected chi connectivity index (χ0v) is 20.4. The van der Waals surface area contributed by atoms with E-state index < -0.39 is 53.1 Å². The van der Waals surface area contributed by atoms with Gasteiger partial charge < -0.3 is 14.3 Å². The van der Waals surface area contributed by atoms with Gasteiger partial charge in [0, 0.05) is 5.02 Å². The smallest absolute Gasteiger partial charge is 0.337 e. The van der Waals surface area contributed by atoms with Crippen LogP contribution in [0.5, 0.6) is 0 Å². The molecule has 0 spiro atoms. The molecule has 3 aromatic rings. The van der Waals surface area contributed by atoms with Crippen molar-refractivity contribution in [3.63, 3.8) is 0 Å². The molecule has 4 unspecified atom stereocenters. The molecular formula is C26H21ClN2O8. The highest BCUT2D eigenvalue weighted by atomic mass is 35.5. The van der Waals surface area contributed by atoms with Gasteiger partial charge in [0.05, 0.1) is 54.3 Å². The van der Waals surface area contributed by atoms with Gasteiger partial charge in [-0.3, -0.25) is 29.4 Å². The van der Waals surface area contributed by atoms with Crippen molar-refractivity contribution in [2.75, 3.05) is 7.11 Å². The van der Waals surface area contributed by atoms with Crippen LogP contribution in [0.25, 0.3) is 11.0 Å². The number of carbonyl (C=O) groups excluding carboxylic acids is 3. The lowest BCUT2D eigenvalue weighted by atomic mass is 9.86. The van der Waals surface area contributed by atoms with Crippen molar-refractivity contribution in [3.8, 4) is 0 Å². The number of halogens is 1. The molecule has 2 N–H and O–H groups in total. The molecule has 2 saturated heterocycles. The molecule has 1 aromatic heterocycles. The maximum atomic E-state index is 13.5. The minimum absolute atomic E-state index is 0.0385. The standard InChI is InChI=1S/C26H21ClN2O8/c1-11-7-17-14(8-16(11)27)22(30)15(10-37-17)20-18-19(21(28-20)25(33)34)24(32)29(23(18)31)9-12-3-5-13(6-4-12)26(35)36-2/h3-8,10,18-21,28H,9H2,1-2H3,(H,33,34). The van der Waals surface area contributed by atoms with Gasteiger partial charge in [0.15, 0.2) is 5.43 Å². The third-order valence-corrected chi connectivity index (χ3v) is 7.37. The molecule has 0 radical (unpaired) electrons. The summed E-state index contributed by atoms with van der Waals surface area (Å²) in [6.07, 6.45) is 1.20. The number of carboxylic acid groups (broad SMARTS) is 1. The van der Waals surface area contributed by atoms with E-state index in [-0.39, 0.29) is 17.5 Å². The number of carboxylic acids is 1. The Kier molecular flexibility index (Phi) is 6.09. The van der Waals surface area contributed by atoms with Crippen molar-refractivity contribution in [2.24, 2.45) is 11.8 Å². The van der Waals surface area contributed by atoms with Crippen LogP contribution in [-0.4, -0.2) is 46.9 Å². The average molecular weight is 525 g/mol. The highest BCUT2D eigenvalue weighted by molar-refractivity contribution is 6.32. The number of fused-ring (bicyclic) bond motifs is 2. The third kappa shape index (κ3) is 3.98. The van der Waals surface area contributed by atoms with Crippen LogP contribution in [0.2, 0.25) is 5.02 Å².